The maximum atomic E-state index is 13.8. The molecule has 1 aliphatic carbocycles. The van der Waals surface area contributed by atoms with Crippen LogP contribution >= 0.6 is 0 Å². The van der Waals surface area contributed by atoms with Gasteiger partial charge in [-0.2, -0.15) is 17.6 Å². The molecule has 150 valence electrons. The second kappa shape index (κ2) is 8.58. The predicted molar refractivity (Wildman–Crippen MR) is 83.7 cm³/mol. The van der Waals surface area contributed by atoms with Gasteiger partial charge in [-0.3, -0.25) is 4.79 Å². The molecule has 0 heterocycles. The van der Waals surface area contributed by atoms with E-state index in [0.29, 0.717) is 12.8 Å². The molecule has 0 spiro atoms. The van der Waals surface area contributed by atoms with Crippen LogP contribution in [0.4, 0.5) is 17.6 Å². The van der Waals surface area contributed by atoms with Crippen LogP contribution in [-0.4, -0.2) is 37.0 Å². The third-order valence-corrected chi connectivity index (χ3v) is 4.38. The van der Waals surface area contributed by atoms with Crippen LogP contribution in [0.5, 0.6) is 5.75 Å². The highest BCUT2D eigenvalue weighted by Crippen LogP contribution is 2.36. The van der Waals surface area contributed by atoms with Crippen LogP contribution in [0.3, 0.4) is 0 Å². The Kier molecular flexibility index (Phi) is 6.67. The summed E-state index contributed by atoms with van der Waals surface area (Å²) in [6.45, 7) is -3.39. The van der Waals surface area contributed by atoms with Gasteiger partial charge in [0, 0.05) is 0 Å². The van der Waals surface area contributed by atoms with Crippen LogP contribution in [0.15, 0.2) is 24.3 Å². The molecular formula is C18H19F4O5-. The molecule has 1 fully saturated rings. The predicted octanol–water partition coefficient (Wildman–Crippen LogP) is 2.82. The molecule has 1 aliphatic rings. The fourth-order valence-electron chi connectivity index (χ4n) is 2.69. The van der Waals surface area contributed by atoms with Crippen molar-refractivity contribution in [3.63, 3.8) is 0 Å². The molecule has 0 atom stereocenters. The molecule has 0 aliphatic heterocycles. The summed E-state index contributed by atoms with van der Waals surface area (Å²) in [6, 6.07) is 4.16. The van der Waals surface area contributed by atoms with E-state index in [1.54, 1.807) is 0 Å². The molecule has 0 saturated heterocycles. The maximum absolute atomic E-state index is 13.8. The zero-order valence-electron chi connectivity index (χ0n) is 14.4. The van der Waals surface area contributed by atoms with Crippen molar-refractivity contribution >= 4 is 11.9 Å². The molecule has 5 nitrogen and oxygen atoms in total. The second-order valence-electron chi connectivity index (χ2n) is 6.45. The van der Waals surface area contributed by atoms with Gasteiger partial charge in [-0.1, -0.05) is 19.3 Å². The van der Waals surface area contributed by atoms with E-state index in [9.17, 15) is 32.3 Å². The number of carboxylic acid groups (broad SMARTS) is 1. The standard InChI is InChI=1S/C18H20F4O5/c19-17(20,10-26-14-8-6-12(7-9-14)15(23)24)18(21,22)11-27-16(25)13-4-2-1-3-5-13/h6-9,13H,1-5,10-11H2,(H,23,24)/p-1. The molecule has 1 saturated carbocycles. The van der Waals surface area contributed by atoms with Crippen molar-refractivity contribution in [1.29, 1.82) is 0 Å². The number of hydrogen-bond acceptors (Lipinski definition) is 5. The zero-order chi connectivity index (χ0) is 20.1. The summed E-state index contributed by atoms with van der Waals surface area (Å²) in [7, 11) is 0. The van der Waals surface area contributed by atoms with E-state index in [-0.39, 0.29) is 11.3 Å². The minimum Gasteiger partial charge on any atom is -0.545 e. The molecule has 0 amide bonds. The number of aromatic carboxylic acids is 1. The molecule has 0 radical (unpaired) electrons. The number of alkyl halides is 4. The number of carboxylic acids is 1. The highest BCUT2D eigenvalue weighted by molar-refractivity contribution is 5.85. The molecule has 0 bridgehead atoms. The Labute approximate surface area is 153 Å². The maximum Gasteiger partial charge on any atom is 0.346 e. The van der Waals surface area contributed by atoms with Crippen molar-refractivity contribution < 1.29 is 41.7 Å². The summed E-state index contributed by atoms with van der Waals surface area (Å²) in [5, 5.41) is 10.6. The molecule has 1 aromatic carbocycles. The summed E-state index contributed by atoms with van der Waals surface area (Å²) in [5.41, 5.74) is -0.214. The van der Waals surface area contributed by atoms with E-state index in [4.69, 9.17) is 0 Å². The SMILES string of the molecule is O=C([O-])c1ccc(OCC(F)(F)C(F)(F)COC(=O)C2CCCCC2)cc1. The number of ether oxygens (including phenoxy) is 2. The van der Waals surface area contributed by atoms with Crippen LogP contribution in [0.2, 0.25) is 0 Å². The molecule has 27 heavy (non-hydrogen) atoms. The lowest BCUT2D eigenvalue weighted by Gasteiger charge is -2.27. The van der Waals surface area contributed by atoms with Gasteiger partial charge in [-0.15, -0.1) is 0 Å². The molecule has 0 unspecified atom stereocenters. The lowest BCUT2D eigenvalue weighted by Crippen LogP contribution is -2.49. The summed E-state index contributed by atoms with van der Waals surface area (Å²) in [4.78, 5) is 22.3. The topological polar surface area (TPSA) is 75.7 Å². The van der Waals surface area contributed by atoms with Crippen LogP contribution in [0.25, 0.3) is 0 Å². The van der Waals surface area contributed by atoms with Crippen molar-refractivity contribution in [3.05, 3.63) is 29.8 Å². The van der Waals surface area contributed by atoms with Crippen LogP contribution in [0.1, 0.15) is 42.5 Å². The Morgan fingerprint density at radius 1 is 0.963 bits per heavy atom. The van der Waals surface area contributed by atoms with Crippen molar-refractivity contribution in [2.75, 3.05) is 13.2 Å². The molecule has 0 N–H and O–H groups in total. The number of esters is 1. The number of rotatable bonds is 8. The van der Waals surface area contributed by atoms with Gasteiger partial charge < -0.3 is 19.4 Å². The molecular weight excluding hydrogens is 372 g/mol. The highest BCUT2D eigenvalue weighted by atomic mass is 19.3. The summed E-state index contributed by atoms with van der Waals surface area (Å²) >= 11 is 0. The van der Waals surface area contributed by atoms with Gasteiger partial charge in [-0.05, 0) is 42.7 Å². The number of hydrogen-bond donors (Lipinski definition) is 0. The van der Waals surface area contributed by atoms with Crippen molar-refractivity contribution in [3.8, 4) is 5.75 Å². The van der Waals surface area contributed by atoms with Gasteiger partial charge in [0.1, 0.15) is 5.75 Å². The Morgan fingerprint density at radius 3 is 2.07 bits per heavy atom. The lowest BCUT2D eigenvalue weighted by molar-refractivity contribution is -0.255. The largest absolute Gasteiger partial charge is 0.545 e. The highest BCUT2D eigenvalue weighted by Gasteiger charge is 2.58. The van der Waals surface area contributed by atoms with Crippen molar-refractivity contribution in [2.24, 2.45) is 5.92 Å². The van der Waals surface area contributed by atoms with Crippen LogP contribution < -0.4 is 9.84 Å². The third-order valence-electron chi connectivity index (χ3n) is 4.38. The Morgan fingerprint density at radius 2 is 1.52 bits per heavy atom. The van der Waals surface area contributed by atoms with Gasteiger partial charge in [0.25, 0.3) is 0 Å². The van der Waals surface area contributed by atoms with Gasteiger partial charge in [-0.25, -0.2) is 0 Å². The summed E-state index contributed by atoms with van der Waals surface area (Å²) < 4.78 is 64.3. The fourth-order valence-corrected chi connectivity index (χ4v) is 2.69. The van der Waals surface area contributed by atoms with E-state index >= 15 is 0 Å². The minimum absolute atomic E-state index is 0.213. The van der Waals surface area contributed by atoms with E-state index < -0.39 is 42.9 Å². The zero-order valence-corrected chi connectivity index (χ0v) is 14.4. The first-order valence-corrected chi connectivity index (χ1v) is 8.49. The van der Waals surface area contributed by atoms with E-state index in [2.05, 4.69) is 9.47 Å². The van der Waals surface area contributed by atoms with Crippen molar-refractivity contribution in [2.45, 2.75) is 43.9 Å². The number of halogens is 4. The minimum atomic E-state index is -4.61. The van der Waals surface area contributed by atoms with Gasteiger partial charge in [0.2, 0.25) is 0 Å². The Hall–Kier alpha value is -2.32. The van der Waals surface area contributed by atoms with Gasteiger partial charge >= 0.3 is 17.8 Å². The number of carbonyl (C=O) groups excluding carboxylic acids is 2. The summed E-state index contributed by atoms with van der Waals surface area (Å²) in [5.74, 6) is -12.3. The smallest absolute Gasteiger partial charge is 0.346 e. The second-order valence-corrected chi connectivity index (χ2v) is 6.45. The van der Waals surface area contributed by atoms with E-state index in [1.165, 1.54) is 0 Å². The normalized spacial score (nSPS) is 16.0. The van der Waals surface area contributed by atoms with Crippen LogP contribution in [0, 0.1) is 5.92 Å². The quantitative estimate of drug-likeness (QED) is 0.503. The van der Waals surface area contributed by atoms with Crippen molar-refractivity contribution in [1.82, 2.24) is 0 Å². The Balaban J connectivity index is 1.88. The molecule has 9 heteroatoms. The first-order chi connectivity index (χ1) is 12.6. The number of carbonyl (C=O) groups is 2. The molecule has 0 aromatic heterocycles. The molecule has 2 rings (SSSR count). The molecule has 1 aromatic rings. The first-order valence-electron chi connectivity index (χ1n) is 8.49. The lowest BCUT2D eigenvalue weighted by atomic mass is 9.89. The monoisotopic (exact) mass is 391 g/mol. The number of benzene rings is 1. The van der Waals surface area contributed by atoms with E-state index in [1.807, 2.05) is 0 Å². The first kappa shape index (κ1) is 21.0. The van der Waals surface area contributed by atoms with Gasteiger partial charge in [0.05, 0.1) is 11.9 Å². The average Bonchev–Trinajstić information content (AvgIpc) is 2.65. The average molecular weight is 391 g/mol. The fraction of sp³-hybridized carbons (Fsp3) is 0.556. The third kappa shape index (κ3) is 5.58. The van der Waals surface area contributed by atoms with Gasteiger partial charge in [0.15, 0.2) is 13.2 Å². The van der Waals surface area contributed by atoms with Crippen LogP contribution in [-0.2, 0) is 9.53 Å². The Bertz CT molecular complexity index is 654. The van der Waals surface area contributed by atoms with E-state index in [0.717, 1.165) is 43.5 Å². The summed E-state index contributed by atoms with van der Waals surface area (Å²) in [6.07, 6.45) is 3.50.